The van der Waals surface area contributed by atoms with Crippen LogP contribution in [-0.4, -0.2) is 22.5 Å². The molecule has 0 aliphatic heterocycles. The smallest absolute Gasteiger partial charge is 0.342 e. The van der Waals surface area contributed by atoms with E-state index in [4.69, 9.17) is 9.15 Å². The quantitative estimate of drug-likeness (QED) is 0.788. The number of ether oxygens (including phenoxy) is 1. The molecule has 0 spiro atoms. The minimum atomic E-state index is -2.76. The highest BCUT2D eigenvalue weighted by Crippen LogP contribution is 2.55. The Hall–Kier alpha value is -1.98. The molecule has 4 nitrogen and oxygen atoms in total. The van der Waals surface area contributed by atoms with Gasteiger partial charge in [-0.15, -0.1) is 0 Å². The van der Waals surface area contributed by atoms with Crippen molar-refractivity contribution in [3.8, 4) is 0 Å². The summed E-state index contributed by atoms with van der Waals surface area (Å²) in [4.78, 5) is 16.2. The van der Waals surface area contributed by atoms with Crippen LogP contribution in [0.25, 0.3) is 11.1 Å². The van der Waals surface area contributed by atoms with E-state index in [9.17, 15) is 13.6 Å². The van der Waals surface area contributed by atoms with Crippen molar-refractivity contribution < 1.29 is 22.7 Å². The summed E-state index contributed by atoms with van der Waals surface area (Å²) in [5, 5.41) is 0. The number of aromatic nitrogens is 1. The number of hydrogen-bond acceptors (Lipinski definition) is 4. The second-order valence-corrected chi connectivity index (χ2v) is 6.23. The highest BCUT2D eigenvalue weighted by atomic mass is 19.3. The van der Waals surface area contributed by atoms with E-state index in [1.54, 1.807) is 32.9 Å². The minimum Gasteiger partial charge on any atom is -0.456 e. The van der Waals surface area contributed by atoms with Gasteiger partial charge in [0.25, 0.3) is 5.92 Å². The molecule has 1 unspecified atom stereocenters. The third kappa shape index (κ3) is 2.62. The number of esters is 1. The third-order valence-corrected chi connectivity index (χ3v) is 3.17. The molecule has 2 aromatic rings. The van der Waals surface area contributed by atoms with Gasteiger partial charge in [0.15, 0.2) is 5.58 Å². The predicted octanol–water partition coefficient (Wildman–Crippen LogP) is 3.91. The van der Waals surface area contributed by atoms with E-state index in [2.05, 4.69) is 4.98 Å². The Labute approximate surface area is 120 Å². The molecule has 1 fully saturated rings. The lowest BCUT2D eigenvalue weighted by atomic mass is 10.1. The van der Waals surface area contributed by atoms with E-state index in [-0.39, 0.29) is 23.5 Å². The molecule has 6 heteroatoms. The normalized spacial score (nSPS) is 20.5. The van der Waals surface area contributed by atoms with Gasteiger partial charge in [0.05, 0.1) is 0 Å². The molecule has 112 valence electrons. The van der Waals surface area contributed by atoms with Gasteiger partial charge in [-0.1, -0.05) is 6.07 Å². The number of carbonyl (C=O) groups excluding carboxylic acids is 1. The van der Waals surface area contributed by atoms with Crippen molar-refractivity contribution in [1.29, 1.82) is 0 Å². The lowest BCUT2D eigenvalue weighted by Gasteiger charge is -2.19. The summed E-state index contributed by atoms with van der Waals surface area (Å²) in [6, 6.07) is 4.78. The number of nitrogens with zero attached hydrogens (tertiary/aromatic N) is 1. The van der Waals surface area contributed by atoms with E-state index >= 15 is 0 Å². The summed E-state index contributed by atoms with van der Waals surface area (Å²) in [6.45, 7) is 5.25. The van der Waals surface area contributed by atoms with Gasteiger partial charge in [-0.05, 0) is 32.9 Å². The molecule has 1 saturated carbocycles. The van der Waals surface area contributed by atoms with Crippen LogP contribution in [0.3, 0.4) is 0 Å². The molecule has 1 atom stereocenters. The Balaban J connectivity index is 1.98. The monoisotopic (exact) mass is 295 g/mol. The molecule has 1 aliphatic carbocycles. The zero-order chi connectivity index (χ0) is 15.4. The second-order valence-electron chi connectivity index (χ2n) is 6.23. The number of alkyl halides is 2. The number of para-hydroxylation sites is 1. The van der Waals surface area contributed by atoms with Gasteiger partial charge in [0.1, 0.15) is 22.6 Å². The number of carbonyl (C=O) groups is 1. The molecule has 0 saturated heterocycles. The summed E-state index contributed by atoms with van der Waals surface area (Å²) in [7, 11) is 0. The fourth-order valence-electron chi connectivity index (χ4n) is 2.09. The number of hydrogen-bond donors (Lipinski definition) is 0. The van der Waals surface area contributed by atoms with Crippen LogP contribution < -0.4 is 0 Å². The summed E-state index contributed by atoms with van der Waals surface area (Å²) in [5.41, 5.74) is 0.136. The van der Waals surface area contributed by atoms with Crippen LogP contribution >= 0.6 is 0 Å². The van der Waals surface area contributed by atoms with Crippen molar-refractivity contribution in [3.63, 3.8) is 0 Å². The maximum atomic E-state index is 13.1. The van der Waals surface area contributed by atoms with Gasteiger partial charge in [0.2, 0.25) is 5.89 Å². The molecule has 1 heterocycles. The SMILES string of the molecule is CC(C)(C)OC(=O)c1cccc2nc(C3CC3(F)F)oc12. The van der Waals surface area contributed by atoms with Crippen LogP contribution in [0.15, 0.2) is 22.6 Å². The van der Waals surface area contributed by atoms with Gasteiger partial charge in [0, 0.05) is 6.42 Å². The van der Waals surface area contributed by atoms with E-state index < -0.39 is 23.4 Å². The van der Waals surface area contributed by atoms with E-state index in [1.165, 1.54) is 6.07 Å². The maximum Gasteiger partial charge on any atom is 0.342 e. The van der Waals surface area contributed by atoms with Crippen LogP contribution in [0.5, 0.6) is 0 Å². The Morgan fingerprint density at radius 3 is 2.67 bits per heavy atom. The highest BCUT2D eigenvalue weighted by molar-refractivity contribution is 6.01. The van der Waals surface area contributed by atoms with Gasteiger partial charge in [-0.25, -0.2) is 18.6 Å². The highest BCUT2D eigenvalue weighted by Gasteiger charge is 2.60. The molecular weight excluding hydrogens is 280 g/mol. The molecule has 0 radical (unpaired) electrons. The Morgan fingerprint density at radius 2 is 2.10 bits per heavy atom. The largest absolute Gasteiger partial charge is 0.456 e. The molecule has 3 rings (SSSR count). The summed E-state index contributed by atoms with van der Waals surface area (Å²) >= 11 is 0. The van der Waals surface area contributed by atoms with E-state index in [0.29, 0.717) is 5.52 Å². The summed E-state index contributed by atoms with van der Waals surface area (Å²) in [6.07, 6.45) is -0.262. The number of halogens is 2. The first-order valence-electron chi connectivity index (χ1n) is 6.68. The number of rotatable bonds is 2. The van der Waals surface area contributed by atoms with Crippen LogP contribution in [-0.2, 0) is 4.74 Å². The standard InChI is InChI=1S/C15H15F2NO3/c1-14(2,3)21-13(19)8-5-4-6-10-11(8)20-12(18-10)9-7-15(9,16)17/h4-6,9H,7H2,1-3H3. The molecule has 21 heavy (non-hydrogen) atoms. The number of oxazole rings is 1. The topological polar surface area (TPSA) is 52.3 Å². The fourth-order valence-corrected chi connectivity index (χ4v) is 2.09. The van der Waals surface area contributed by atoms with Crippen molar-refractivity contribution in [2.75, 3.05) is 0 Å². The Morgan fingerprint density at radius 1 is 1.43 bits per heavy atom. The fraction of sp³-hybridized carbons (Fsp3) is 0.467. The van der Waals surface area contributed by atoms with E-state index in [1.807, 2.05) is 0 Å². The van der Waals surface area contributed by atoms with E-state index in [0.717, 1.165) is 0 Å². The average molecular weight is 295 g/mol. The maximum absolute atomic E-state index is 13.1. The molecule has 1 aromatic heterocycles. The molecule has 0 bridgehead atoms. The zero-order valence-electron chi connectivity index (χ0n) is 11.9. The van der Waals surface area contributed by atoms with Crippen molar-refractivity contribution in [3.05, 3.63) is 29.7 Å². The van der Waals surface area contributed by atoms with Gasteiger partial charge in [-0.2, -0.15) is 0 Å². The predicted molar refractivity (Wildman–Crippen MR) is 71.5 cm³/mol. The molecule has 0 amide bonds. The average Bonchev–Trinajstić information content (AvgIpc) is 2.81. The van der Waals surface area contributed by atoms with Crippen molar-refractivity contribution >= 4 is 17.1 Å². The van der Waals surface area contributed by atoms with Crippen molar-refractivity contribution in [1.82, 2.24) is 4.98 Å². The van der Waals surface area contributed by atoms with Crippen LogP contribution in [0, 0.1) is 0 Å². The summed E-state index contributed by atoms with van der Waals surface area (Å²) < 4.78 is 36.9. The first-order valence-corrected chi connectivity index (χ1v) is 6.68. The molecule has 1 aliphatic rings. The van der Waals surface area contributed by atoms with Crippen molar-refractivity contribution in [2.45, 2.75) is 44.6 Å². The third-order valence-electron chi connectivity index (χ3n) is 3.17. The van der Waals surface area contributed by atoms with Crippen LogP contribution in [0.4, 0.5) is 8.78 Å². The first kappa shape index (κ1) is 14.0. The number of benzene rings is 1. The second kappa shape index (κ2) is 4.26. The lowest BCUT2D eigenvalue weighted by molar-refractivity contribution is 0.00707. The van der Waals surface area contributed by atoms with Gasteiger partial charge >= 0.3 is 5.97 Å². The number of fused-ring (bicyclic) bond motifs is 1. The molecule has 1 aromatic carbocycles. The zero-order valence-corrected chi connectivity index (χ0v) is 11.9. The Bertz CT molecular complexity index is 715. The van der Waals surface area contributed by atoms with Crippen LogP contribution in [0.2, 0.25) is 0 Å². The van der Waals surface area contributed by atoms with Crippen molar-refractivity contribution in [2.24, 2.45) is 0 Å². The molecule has 0 N–H and O–H groups in total. The van der Waals surface area contributed by atoms with Gasteiger partial charge < -0.3 is 9.15 Å². The Kier molecular flexibility index (Phi) is 2.83. The first-order chi connectivity index (χ1) is 9.67. The molecular formula is C15H15F2NO3. The summed E-state index contributed by atoms with van der Waals surface area (Å²) in [5.74, 6) is -4.33. The van der Waals surface area contributed by atoms with Gasteiger partial charge in [-0.3, -0.25) is 0 Å². The van der Waals surface area contributed by atoms with Crippen LogP contribution in [0.1, 0.15) is 49.4 Å². The minimum absolute atomic E-state index is 0.0222. The lowest BCUT2D eigenvalue weighted by Crippen LogP contribution is -2.23.